The second kappa shape index (κ2) is 11.1. The van der Waals surface area contributed by atoms with Crippen molar-refractivity contribution in [2.45, 2.75) is 45.1 Å². The lowest BCUT2D eigenvalue weighted by atomic mass is 9.86. The number of benzene rings is 3. The molecule has 0 fully saturated rings. The molecule has 7 nitrogen and oxygen atoms in total. The number of alkyl carbamates (subject to hydrolysis) is 1. The molecule has 0 spiro atoms. The first-order valence-electron chi connectivity index (χ1n) is 11.3. The van der Waals surface area contributed by atoms with Crippen LogP contribution in [0.1, 0.15) is 43.0 Å². The zero-order valence-electron chi connectivity index (χ0n) is 20.4. The highest BCUT2D eigenvalue weighted by molar-refractivity contribution is 5.85. The fraction of sp³-hybridized carbons (Fsp3) is 0.286. The van der Waals surface area contributed by atoms with Gasteiger partial charge in [0, 0.05) is 6.54 Å². The van der Waals surface area contributed by atoms with Crippen molar-refractivity contribution < 1.29 is 28.9 Å². The number of esters is 1. The molecule has 3 aromatic carbocycles. The van der Waals surface area contributed by atoms with Crippen molar-refractivity contribution >= 4 is 12.1 Å². The van der Waals surface area contributed by atoms with Crippen LogP contribution in [-0.4, -0.2) is 29.9 Å². The van der Waals surface area contributed by atoms with E-state index in [4.69, 9.17) is 14.2 Å². The molecule has 0 aliphatic carbocycles. The van der Waals surface area contributed by atoms with Gasteiger partial charge < -0.3 is 24.6 Å². The lowest BCUT2D eigenvalue weighted by Gasteiger charge is -2.26. The molecule has 2 N–H and O–H groups in total. The molecule has 7 heteroatoms. The summed E-state index contributed by atoms with van der Waals surface area (Å²) in [4.78, 5) is 24.3. The van der Waals surface area contributed by atoms with Crippen molar-refractivity contribution in [2.24, 2.45) is 0 Å². The fourth-order valence-electron chi connectivity index (χ4n) is 3.43. The molecular formula is C28H31NO6. The molecule has 1 unspecified atom stereocenters. The Morgan fingerprint density at radius 1 is 0.829 bits per heavy atom. The molecule has 184 valence electrons. The predicted molar refractivity (Wildman–Crippen MR) is 132 cm³/mol. The van der Waals surface area contributed by atoms with Crippen molar-refractivity contribution in [3.63, 3.8) is 0 Å². The highest BCUT2D eigenvalue weighted by atomic mass is 16.6. The largest absolute Gasteiger partial charge is 0.489 e. The van der Waals surface area contributed by atoms with Crippen LogP contribution in [0.5, 0.6) is 5.75 Å². The Morgan fingerprint density at radius 2 is 1.40 bits per heavy atom. The zero-order valence-corrected chi connectivity index (χ0v) is 20.4. The minimum atomic E-state index is -1.92. The molecule has 0 saturated carbocycles. The second-order valence-corrected chi connectivity index (χ2v) is 9.05. The standard InChI is InChI=1S/C28H31NO6/c1-27(2,3)35-26(31)29-18-20-10-12-21(13-11-20)19-34-24-16-14-23(15-17-24)28(32,25(30)33-4)22-8-6-5-7-9-22/h5-17,32H,18-19H2,1-4H3,(H,29,31). The lowest BCUT2D eigenvalue weighted by molar-refractivity contribution is -0.158. The van der Waals surface area contributed by atoms with Gasteiger partial charge in [0.2, 0.25) is 5.60 Å². The highest BCUT2D eigenvalue weighted by Gasteiger charge is 2.41. The summed E-state index contributed by atoms with van der Waals surface area (Å²) < 4.78 is 16.0. The number of methoxy groups -OCH3 is 1. The smallest absolute Gasteiger partial charge is 0.407 e. The number of aliphatic hydroxyl groups is 1. The van der Waals surface area contributed by atoms with Crippen LogP contribution in [0.25, 0.3) is 0 Å². The second-order valence-electron chi connectivity index (χ2n) is 9.05. The summed E-state index contributed by atoms with van der Waals surface area (Å²) in [6.07, 6.45) is -0.459. The Kier molecular flexibility index (Phi) is 8.14. The normalized spacial score (nSPS) is 12.8. The first-order valence-corrected chi connectivity index (χ1v) is 11.3. The first-order chi connectivity index (χ1) is 16.6. The molecule has 35 heavy (non-hydrogen) atoms. The number of hydrogen-bond donors (Lipinski definition) is 2. The van der Waals surface area contributed by atoms with E-state index in [2.05, 4.69) is 5.32 Å². The van der Waals surface area contributed by atoms with E-state index < -0.39 is 23.3 Å². The Balaban J connectivity index is 1.60. The van der Waals surface area contributed by atoms with Crippen LogP contribution in [-0.2, 0) is 33.0 Å². The molecule has 0 saturated heterocycles. The summed E-state index contributed by atoms with van der Waals surface area (Å²) in [7, 11) is 1.24. The maximum atomic E-state index is 12.5. The minimum Gasteiger partial charge on any atom is -0.489 e. The third-order valence-electron chi connectivity index (χ3n) is 5.21. The molecule has 3 aromatic rings. The first kappa shape index (κ1) is 25.8. The number of hydrogen-bond acceptors (Lipinski definition) is 6. The lowest BCUT2D eigenvalue weighted by Crippen LogP contribution is -2.37. The number of carbonyl (C=O) groups excluding carboxylic acids is 2. The van der Waals surface area contributed by atoms with E-state index in [1.165, 1.54) is 7.11 Å². The number of nitrogens with one attached hydrogen (secondary N) is 1. The molecule has 0 aromatic heterocycles. The van der Waals surface area contributed by atoms with Crippen molar-refractivity contribution in [3.8, 4) is 5.75 Å². The van der Waals surface area contributed by atoms with Crippen LogP contribution in [0.4, 0.5) is 4.79 Å². The highest BCUT2D eigenvalue weighted by Crippen LogP contribution is 2.32. The van der Waals surface area contributed by atoms with Crippen LogP contribution in [0.2, 0.25) is 0 Å². The van der Waals surface area contributed by atoms with Crippen LogP contribution >= 0.6 is 0 Å². The SMILES string of the molecule is COC(=O)C(O)(c1ccccc1)c1ccc(OCc2ccc(CNC(=O)OC(C)(C)C)cc2)cc1. The van der Waals surface area contributed by atoms with Gasteiger partial charge in [0.25, 0.3) is 0 Å². The van der Waals surface area contributed by atoms with E-state index in [9.17, 15) is 14.7 Å². The van der Waals surface area contributed by atoms with E-state index in [0.717, 1.165) is 11.1 Å². The van der Waals surface area contributed by atoms with Gasteiger partial charge in [-0.25, -0.2) is 9.59 Å². The van der Waals surface area contributed by atoms with Crippen molar-refractivity contribution in [2.75, 3.05) is 7.11 Å². The Morgan fingerprint density at radius 3 is 1.97 bits per heavy atom. The van der Waals surface area contributed by atoms with Gasteiger partial charge in [-0.05, 0) is 55.2 Å². The predicted octanol–water partition coefficient (Wildman–Crippen LogP) is 4.70. The van der Waals surface area contributed by atoms with Gasteiger partial charge in [0.05, 0.1) is 7.11 Å². The Hall–Kier alpha value is -3.84. The van der Waals surface area contributed by atoms with Gasteiger partial charge in [0.15, 0.2) is 0 Å². The van der Waals surface area contributed by atoms with Crippen LogP contribution < -0.4 is 10.1 Å². The molecule has 0 bridgehead atoms. The third kappa shape index (κ3) is 6.83. The molecule has 0 radical (unpaired) electrons. The van der Waals surface area contributed by atoms with Crippen molar-refractivity contribution in [3.05, 3.63) is 101 Å². The van der Waals surface area contributed by atoms with E-state index in [0.29, 0.717) is 30.0 Å². The van der Waals surface area contributed by atoms with Gasteiger partial charge in [-0.15, -0.1) is 0 Å². The Labute approximate surface area is 205 Å². The van der Waals surface area contributed by atoms with Gasteiger partial charge in [-0.3, -0.25) is 0 Å². The molecule has 1 atom stereocenters. The van der Waals surface area contributed by atoms with Crippen LogP contribution in [0.3, 0.4) is 0 Å². The number of rotatable bonds is 8. The average molecular weight is 478 g/mol. The Bertz CT molecular complexity index is 1120. The van der Waals surface area contributed by atoms with E-state index in [1.54, 1.807) is 48.5 Å². The molecular weight excluding hydrogens is 446 g/mol. The van der Waals surface area contributed by atoms with Crippen LogP contribution in [0.15, 0.2) is 78.9 Å². The van der Waals surface area contributed by atoms with E-state index in [1.807, 2.05) is 51.1 Å². The van der Waals surface area contributed by atoms with Gasteiger partial charge in [-0.1, -0.05) is 66.7 Å². The van der Waals surface area contributed by atoms with Crippen LogP contribution in [0, 0.1) is 0 Å². The average Bonchev–Trinajstić information content (AvgIpc) is 2.85. The summed E-state index contributed by atoms with van der Waals surface area (Å²) in [5, 5.41) is 14.0. The van der Waals surface area contributed by atoms with Crippen molar-refractivity contribution in [1.29, 1.82) is 0 Å². The van der Waals surface area contributed by atoms with E-state index >= 15 is 0 Å². The fourth-order valence-corrected chi connectivity index (χ4v) is 3.43. The summed E-state index contributed by atoms with van der Waals surface area (Å²) in [6, 6.07) is 23.0. The van der Waals surface area contributed by atoms with Gasteiger partial charge in [-0.2, -0.15) is 0 Å². The molecule has 1 amide bonds. The number of ether oxygens (including phenoxy) is 3. The maximum absolute atomic E-state index is 12.5. The van der Waals surface area contributed by atoms with Gasteiger partial charge >= 0.3 is 12.1 Å². The zero-order chi connectivity index (χ0) is 25.5. The molecule has 3 rings (SSSR count). The summed E-state index contributed by atoms with van der Waals surface area (Å²) in [5.41, 5.74) is 0.227. The quantitative estimate of drug-likeness (QED) is 0.457. The van der Waals surface area contributed by atoms with E-state index in [-0.39, 0.29) is 0 Å². The summed E-state index contributed by atoms with van der Waals surface area (Å²) >= 11 is 0. The third-order valence-corrected chi connectivity index (χ3v) is 5.21. The number of amides is 1. The van der Waals surface area contributed by atoms with Gasteiger partial charge in [0.1, 0.15) is 18.0 Å². The topological polar surface area (TPSA) is 94.1 Å². The maximum Gasteiger partial charge on any atom is 0.407 e. The van der Waals surface area contributed by atoms with Crippen molar-refractivity contribution in [1.82, 2.24) is 5.32 Å². The minimum absolute atomic E-state index is 0.332. The molecule has 0 heterocycles. The molecule has 0 aliphatic heterocycles. The summed E-state index contributed by atoms with van der Waals surface area (Å²) in [6.45, 7) is 6.15. The summed E-state index contributed by atoms with van der Waals surface area (Å²) in [5.74, 6) is -0.177. The number of carbonyl (C=O) groups is 2. The molecule has 0 aliphatic rings. The monoisotopic (exact) mass is 477 g/mol.